The van der Waals surface area contributed by atoms with E-state index in [4.69, 9.17) is 0 Å². The summed E-state index contributed by atoms with van der Waals surface area (Å²) in [5.41, 5.74) is 0. The summed E-state index contributed by atoms with van der Waals surface area (Å²) in [7, 11) is 0. The molecule has 0 radical (unpaired) electrons. The van der Waals surface area contributed by atoms with E-state index < -0.39 is 12.4 Å². The summed E-state index contributed by atoms with van der Waals surface area (Å²) < 4.78 is 51.0. The van der Waals surface area contributed by atoms with Crippen molar-refractivity contribution in [3.05, 3.63) is 25.1 Å². The highest BCUT2D eigenvalue weighted by Gasteiger charge is 1.78. The highest BCUT2D eigenvalue weighted by Crippen LogP contribution is 1.93. The van der Waals surface area contributed by atoms with Gasteiger partial charge in [0.2, 0.25) is 0 Å². The molecule has 5 heteroatoms. The van der Waals surface area contributed by atoms with Crippen molar-refractivity contribution < 1.29 is 22.0 Å². The van der Waals surface area contributed by atoms with Gasteiger partial charge in [0.15, 0.2) is 6.33 Å². The summed E-state index contributed by atoms with van der Waals surface area (Å²) >= 11 is 0. The minimum Gasteiger partial charge on any atom is -0.213 e. The van der Waals surface area contributed by atoms with Gasteiger partial charge in [-0.05, 0) is 0 Å². The Balaban J connectivity index is 0. The van der Waals surface area contributed by atoms with Crippen LogP contribution in [0.15, 0.2) is 25.1 Å². The van der Waals surface area contributed by atoms with Crippen LogP contribution in [0.1, 0.15) is 0 Å². The quantitative estimate of drug-likeness (QED) is 0.460. The Bertz CT molecular complexity index is 87.1. The Hall–Kier alpha value is -0.870. The predicted octanol–water partition coefficient (Wildman–Crippen LogP) is 3.09. The first kappa shape index (κ1) is 11.0. The van der Waals surface area contributed by atoms with Gasteiger partial charge >= 0.3 is 0 Å². The SMILES string of the molecule is F/C=C/F.FC=C(F)F. The van der Waals surface area contributed by atoms with E-state index in [9.17, 15) is 22.0 Å². The fraction of sp³-hybridized carbons (Fsp3) is 0. The van der Waals surface area contributed by atoms with Crippen LogP contribution in [0.3, 0.4) is 0 Å². The molecule has 0 aromatic carbocycles. The Morgan fingerprint density at radius 3 is 1.11 bits per heavy atom. The Kier molecular flexibility index (Phi) is 12.4. The molecule has 0 aliphatic heterocycles. The molecule has 0 nitrogen and oxygen atoms in total. The second-order valence-electron chi connectivity index (χ2n) is 0.651. The highest BCUT2D eigenvalue weighted by molar-refractivity contribution is 4.66. The van der Waals surface area contributed by atoms with E-state index in [2.05, 4.69) is 0 Å². The molecular weight excluding hydrogens is 143 g/mol. The van der Waals surface area contributed by atoms with Crippen LogP contribution >= 0.6 is 0 Å². The van der Waals surface area contributed by atoms with Crippen LogP contribution in [0.5, 0.6) is 0 Å². The fourth-order valence-corrected chi connectivity index (χ4v) is 0. The topological polar surface area (TPSA) is 0 Å². The second-order valence-corrected chi connectivity index (χ2v) is 0.651. The second kappa shape index (κ2) is 10.2. The fourth-order valence-electron chi connectivity index (χ4n) is 0. The van der Waals surface area contributed by atoms with Gasteiger partial charge in [-0.3, -0.25) is 0 Å². The van der Waals surface area contributed by atoms with Crippen LogP contribution in [0.25, 0.3) is 0 Å². The molecule has 0 rings (SSSR count). The molecule has 0 aliphatic carbocycles. The molecule has 0 amide bonds. The highest BCUT2D eigenvalue weighted by atomic mass is 19.3. The maximum absolute atomic E-state index is 10.2. The molecule has 0 aliphatic rings. The van der Waals surface area contributed by atoms with Crippen LogP contribution in [0.4, 0.5) is 22.0 Å². The van der Waals surface area contributed by atoms with Crippen LogP contribution in [-0.4, -0.2) is 0 Å². The average Bonchev–Trinajstić information content (AvgIpc) is 1.89. The largest absolute Gasteiger partial charge is 0.298 e. The lowest BCUT2D eigenvalue weighted by Gasteiger charge is -1.59. The summed E-state index contributed by atoms with van der Waals surface area (Å²) in [6.07, 6.45) is -3.37. The Morgan fingerprint density at radius 2 is 1.11 bits per heavy atom. The molecule has 0 N–H and O–H groups in total. The lowest BCUT2D eigenvalue weighted by atomic mass is 11.1. The molecule has 9 heavy (non-hydrogen) atoms. The van der Waals surface area contributed by atoms with Crippen molar-refractivity contribution >= 4 is 0 Å². The van der Waals surface area contributed by atoms with Crippen LogP contribution in [-0.2, 0) is 0 Å². The van der Waals surface area contributed by atoms with Gasteiger partial charge in [-0.1, -0.05) is 0 Å². The van der Waals surface area contributed by atoms with Crippen molar-refractivity contribution in [3.63, 3.8) is 0 Å². The maximum Gasteiger partial charge on any atom is 0.298 e. The number of hydrogen-bond acceptors (Lipinski definition) is 0. The zero-order chi connectivity index (χ0) is 7.70. The molecule has 0 heterocycles. The lowest BCUT2D eigenvalue weighted by molar-refractivity contribution is 0.400. The first-order valence-corrected chi connectivity index (χ1v) is 1.65. The van der Waals surface area contributed by atoms with E-state index in [1.165, 1.54) is 0 Å². The number of hydrogen-bond donors (Lipinski definition) is 0. The van der Waals surface area contributed by atoms with Crippen molar-refractivity contribution in [1.82, 2.24) is 0 Å². The zero-order valence-corrected chi connectivity index (χ0v) is 4.12. The van der Waals surface area contributed by atoms with Crippen molar-refractivity contribution in [1.29, 1.82) is 0 Å². The summed E-state index contributed by atoms with van der Waals surface area (Å²) in [4.78, 5) is 0. The van der Waals surface area contributed by atoms with E-state index in [1.54, 1.807) is 0 Å². The van der Waals surface area contributed by atoms with Crippen molar-refractivity contribution in [2.24, 2.45) is 0 Å². The van der Waals surface area contributed by atoms with E-state index in [0.717, 1.165) is 0 Å². The summed E-state index contributed by atoms with van der Waals surface area (Å²) in [5.74, 6) is 0. The minimum atomic E-state index is -2.29. The predicted molar refractivity (Wildman–Crippen MR) is 22.8 cm³/mol. The molecule has 0 spiro atoms. The molecule has 54 valence electrons. The van der Waals surface area contributed by atoms with Crippen molar-refractivity contribution in [2.75, 3.05) is 0 Å². The van der Waals surface area contributed by atoms with Gasteiger partial charge in [-0.15, -0.1) is 0 Å². The minimum absolute atomic E-state index is 0.167. The number of halogens is 5. The third kappa shape index (κ3) is 41.4. The molecule has 0 saturated carbocycles. The third-order valence-corrected chi connectivity index (χ3v) is 0.130. The monoisotopic (exact) mass is 146 g/mol. The first-order chi connectivity index (χ1) is 4.18. The number of rotatable bonds is 0. The molecule has 0 aromatic rings. The zero-order valence-electron chi connectivity index (χ0n) is 4.12. The molecular formula is C4H3F5. The van der Waals surface area contributed by atoms with Gasteiger partial charge in [-0.2, -0.15) is 8.78 Å². The molecule has 0 unspecified atom stereocenters. The molecule has 0 fully saturated rings. The van der Waals surface area contributed by atoms with Crippen molar-refractivity contribution in [2.45, 2.75) is 0 Å². The molecule has 0 atom stereocenters. The first-order valence-electron chi connectivity index (χ1n) is 1.65. The van der Waals surface area contributed by atoms with Crippen LogP contribution in [0.2, 0.25) is 0 Å². The van der Waals surface area contributed by atoms with Crippen LogP contribution < -0.4 is 0 Å². The van der Waals surface area contributed by atoms with Gasteiger partial charge < -0.3 is 0 Å². The van der Waals surface area contributed by atoms with E-state index in [1.807, 2.05) is 0 Å². The van der Waals surface area contributed by atoms with E-state index in [0.29, 0.717) is 0 Å². The standard InChI is InChI=1S/C2HF3.C2H2F2/c3-1-2(4)5;3-1-2-4/h1H;1-2H/b;2-1+. The molecule has 0 bridgehead atoms. The van der Waals surface area contributed by atoms with Crippen LogP contribution in [0, 0.1) is 0 Å². The summed E-state index contributed by atoms with van der Waals surface area (Å²) in [6, 6.07) is 0. The van der Waals surface area contributed by atoms with Gasteiger partial charge in [0.05, 0.1) is 0 Å². The van der Waals surface area contributed by atoms with Gasteiger partial charge in [0.25, 0.3) is 6.08 Å². The molecule has 0 saturated heterocycles. The Labute approximate surface area is 48.3 Å². The van der Waals surface area contributed by atoms with Gasteiger partial charge in [-0.25, -0.2) is 13.2 Å². The van der Waals surface area contributed by atoms with Gasteiger partial charge in [0.1, 0.15) is 12.7 Å². The lowest BCUT2D eigenvalue weighted by Crippen LogP contribution is -1.42. The smallest absolute Gasteiger partial charge is 0.213 e. The Morgan fingerprint density at radius 1 is 0.889 bits per heavy atom. The maximum atomic E-state index is 10.2. The summed E-state index contributed by atoms with van der Waals surface area (Å²) in [6.45, 7) is 0. The summed E-state index contributed by atoms with van der Waals surface area (Å²) in [5, 5.41) is 0. The normalized spacial score (nSPS) is 8.11. The molecule has 0 aromatic heterocycles. The van der Waals surface area contributed by atoms with E-state index >= 15 is 0 Å². The third-order valence-electron chi connectivity index (χ3n) is 0.130. The van der Waals surface area contributed by atoms with Crippen molar-refractivity contribution in [3.8, 4) is 0 Å². The van der Waals surface area contributed by atoms with Gasteiger partial charge in [0, 0.05) is 0 Å². The van der Waals surface area contributed by atoms with E-state index in [-0.39, 0.29) is 12.7 Å². The average molecular weight is 146 g/mol.